The molecule has 0 saturated carbocycles. The first-order valence-electron chi connectivity index (χ1n) is 10.1. The number of hydrogen-bond acceptors (Lipinski definition) is 5. The molecule has 0 radical (unpaired) electrons. The number of H-pyrrole nitrogens is 1. The molecule has 3 heterocycles. The lowest BCUT2D eigenvalue weighted by molar-refractivity contribution is -0.139. The minimum absolute atomic E-state index is 0.275. The maximum atomic E-state index is 12.5. The second-order valence-corrected chi connectivity index (χ2v) is 9.69. The number of carbonyl (C=O) groups is 1. The zero-order valence-electron chi connectivity index (χ0n) is 18.5. The molecule has 0 aliphatic carbocycles. The van der Waals surface area contributed by atoms with Gasteiger partial charge < -0.3 is 15.6 Å². The van der Waals surface area contributed by atoms with E-state index >= 15 is 0 Å². The number of nitrogens with zero attached hydrogens (tertiary/aromatic N) is 3. The third-order valence-electron chi connectivity index (χ3n) is 4.82. The normalized spacial score (nSPS) is 14.0. The highest BCUT2D eigenvalue weighted by molar-refractivity contribution is 7.82. The molecule has 2 unspecified atom stereocenters. The number of aromatic nitrogens is 3. The monoisotopic (exact) mass is 482 g/mol. The summed E-state index contributed by atoms with van der Waals surface area (Å²) < 4.78 is 51.5. The van der Waals surface area contributed by atoms with Crippen LogP contribution in [0, 0.1) is 5.92 Å². The molecule has 8 nitrogen and oxygen atoms in total. The summed E-state index contributed by atoms with van der Waals surface area (Å²) in [5.41, 5.74) is 2.53. The van der Waals surface area contributed by atoms with Crippen LogP contribution >= 0.6 is 0 Å². The number of anilines is 1. The highest BCUT2D eigenvalue weighted by atomic mass is 32.2. The summed E-state index contributed by atoms with van der Waals surface area (Å²) in [5.74, 6) is -1.03. The van der Waals surface area contributed by atoms with Crippen molar-refractivity contribution in [3.8, 4) is 11.1 Å². The van der Waals surface area contributed by atoms with E-state index in [0.717, 1.165) is 10.9 Å². The quantitative estimate of drug-likeness (QED) is 0.457. The van der Waals surface area contributed by atoms with E-state index in [1.165, 1.54) is 6.20 Å². The van der Waals surface area contributed by atoms with Crippen LogP contribution in [0.2, 0.25) is 0 Å². The third kappa shape index (κ3) is 6.08. The van der Waals surface area contributed by atoms with E-state index in [-0.39, 0.29) is 5.92 Å². The molecule has 178 valence electrons. The highest BCUT2D eigenvalue weighted by Gasteiger charge is 2.30. The van der Waals surface area contributed by atoms with Gasteiger partial charge in [0, 0.05) is 41.3 Å². The van der Waals surface area contributed by atoms with Crippen LogP contribution in [0.1, 0.15) is 13.8 Å². The molecule has 0 spiro atoms. The van der Waals surface area contributed by atoms with Crippen molar-refractivity contribution in [1.82, 2.24) is 24.6 Å². The fourth-order valence-electron chi connectivity index (χ4n) is 3.21. The van der Waals surface area contributed by atoms with Gasteiger partial charge in [0.05, 0.1) is 10.6 Å². The molecule has 1 amide bonds. The van der Waals surface area contributed by atoms with Gasteiger partial charge in [-0.3, -0.25) is 9.78 Å². The van der Waals surface area contributed by atoms with Crippen molar-refractivity contribution in [1.29, 1.82) is 0 Å². The Kier molecular flexibility index (Phi) is 7.38. The van der Waals surface area contributed by atoms with E-state index in [9.17, 15) is 22.2 Å². The molecule has 3 rings (SSSR count). The van der Waals surface area contributed by atoms with Crippen LogP contribution in [-0.4, -0.2) is 62.2 Å². The first-order valence-corrected chi connectivity index (χ1v) is 11.2. The van der Waals surface area contributed by atoms with Crippen LogP contribution in [0.3, 0.4) is 0 Å². The number of hydrogen-bond donors (Lipinski definition) is 3. The van der Waals surface area contributed by atoms with E-state index in [1.54, 1.807) is 63.0 Å². The molecule has 0 aliphatic rings. The molecule has 33 heavy (non-hydrogen) atoms. The molecule has 0 aromatic carbocycles. The Hall–Kier alpha value is -2.99. The lowest BCUT2D eigenvalue weighted by Gasteiger charge is -2.23. The number of nitrogens with one attached hydrogen (secondary N) is 3. The fraction of sp³-hybridized carbons (Fsp3) is 0.381. The van der Waals surface area contributed by atoms with Crippen LogP contribution in [0.25, 0.3) is 22.2 Å². The number of carbonyl (C=O) groups excluding carboxylic acids is 1. The Morgan fingerprint density at radius 1 is 1.21 bits per heavy atom. The van der Waals surface area contributed by atoms with E-state index in [0.29, 0.717) is 21.8 Å². The molecule has 0 fully saturated rings. The van der Waals surface area contributed by atoms with Gasteiger partial charge in [0.25, 0.3) is 0 Å². The molecule has 12 heteroatoms. The smallest absolute Gasteiger partial charge is 0.372 e. The number of pyridine rings is 2. The molecule has 3 N–H and O–H groups in total. The van der Waals surface area contributed by atoms with Gasteiger partial charge in [-0.15, -0.1) is 0 Å². The third-order valence-corrected chi connectivity index (χ3v) is 6.11. The maximum Gasteiger partial charge on any atom is 0.405 e. The number of amides is 1. The molecule has 0 aliphatic heterocycles. The molecule has 0 bridgehead atoms. The Morgan fingerprint density at radius 2 is 1.94 bits per heavy atom. The Labute approximate surface area is 191 Å². The van der Waals surface area contributed by atoms with Gasteiger partial charge in [0.2, 0.25) is 5.91 Å². The van der Waals surface area contributed by atoms with Gasteiger partial charge in [-0.05, 0) is 32.1 Å². The molecular formula is C21H25F3N6O2S. The topological polar surface area (TPSA) is 103 Å². The minimum atomic E-state index is -4.49. The molecule has 2 atom stereocenters. The zero-order chi connectivity index (χ0) is 24.3. The number of fused-ring (bicyclic) bond motifs is 1. The lowest BCUT2D eigenvalue weighted by atomic mass is 10.0. The maximum absolute atomic E-state index is 12.5. The number of rotatable bonds is 8. The van der Waals surface area contributed by atoms with Crippen molar-refractivity contribution >= 4 is 33.6 Å². The molecule has 3 aromatic heterocycles. The van der Waals surface area contributed by atoms with Gasteiger partial charge in [0.1, 0.15) is 29.2 Å². The molecule has 0 saturated heterocycles. The fourth-order valence-corrected chi connectivity index (χ4v) is 3.99. The Bertz CT molecular complexity index is 1160. The van der Waals surface area contributed by atoms with Crippen molar-refractivity contribution in [2.75, 3.05) is 26.0 Å². The first kappa shape index (κ1) is 24.6. The summed E-state index contributed by atoms with van der Waals surface area (Å²) >= 11 is 0. The summed E-state index contributed by atoms with van der Waals surface area (Å²) in [6.07, 6.45) is 1.92. The van der Waals surface area contributed by atoms with Gasteiger partial charge in [-0.25, -0.2) is 13.5 Å². The lowest BCUT2D eigenvalue weighted by Crippen LogP contribution is -2.46. The van der Waals surface area contributed by atoms with Gasteiger partial charge >= 0.3 is 6.18 Å². The number of alkyl halides is 3. The SMILES string of the molecule is CC(C)C(Nc1cncc(-c2c[nH]c3ncc(S(=O)N(C)C)cc23)c1)C(=O)NCC(F)(F)F. The van der Waals surface area contributed by atoms with E-state index in [1.807, 2.05) is 5.32 Å². The number of halogens is 3. The Balaban J connectivity index is 1.88. The summed E-state index contributed by atoms with van der Waals surface area (Å²) in [6.45, 7) is 2.08. The summed E-state index contributed by atoms with van der Waals surface area (Å²) in [6, 6.07) is 2.65. The summed E-state index contributed by atoms with van der Waals surface area (Å²) in [5, 5.41) is 5.65. The predicted octanol–water partition coefficient (Wildman–Crippen LogP) is 3.32. The minimum Gasteiger partial charge on any atom is -0.372 e. The van der Waals surface area contributed by atoms with Crippen LogP contribution in [0.4, 0.5) is 18.9 Å². The largest absolute Gasteiger partial charge is 0.405 e. The van der Waals surface area contributed by atoms with Crippen molar-refractivity contribution in [3.05, 3.63) is 36.9 Å². The van der Waals surface area contributed by atoms with E-state index < -0.39 is 35.7 Å². The highest BCUT2D eigenvalue weighted by Crippen LogP contribution is 2.30. The predicted molar refractivity (Wildman–Crippen MR) is 121 cm³/mol. The van der Waals surface area contributed by atoms with E-state index in [4.69, 9.17) is 0 Å². The van der Waals surface area contributed by atoms with Gasteiger partial charge in [-0.2, -0.15) is 13.2 Å². The standard InChI is InChI=1S/C21H25F3N6O2S/c1-12(2)18(20(31)28-11-21(22,23)24)29-14-5-13(7-25-8-14)17-10-27-19-16(17)6-15(9-26-19)33(32)30(3)4/h5-10,12,18,29H,11H2,1-4H3,(H,26,27)(H,28,31). The number of aromatic amines is 1. The molecule has 3 aromatic rings. The van der Waals surface area contributed by atoms with Crippen molar-refractivity contribution in [2.24, 2.45) is 5.92 Å². The van der Waals surface area contributed by atoms with Crippen molar-refractivity contribution in [2.45, 2.75) is 31.0 Å². The average Bonchev–Trinajstić information content (AvgIpc) is 3.18. The average molecular weight is 483 g/mol. The van der Waals surface area contributed by atoms with Crippen LogP contribution in [0.5, 0.6) is 0 Å². The summed E-state index contributed by atoms with van der Waals surface area (Å²) in [4.78, 5) is 24.5. The molecular weight excluding hydrogens is 457 g/mol. The van der Waals surface area contributed by atoms with Crippen molar-refractivity contribution < 1.29 is 22.2 Å². The zero-order valence-corrected chi connectivity index (χ0v) is 19.3. The second-order valence-electron chi connectivity index (χ2n) is 7.99. The first-order chi connectivity index (χ1) is 15.5. The Morgan fingerprint density at radius 3 is 2.58 bits per heavy atom. The van der Waals surface area contributed by atoms with E-state index in [2.05, 4.69) is 20.3 Å². The second kappa shape index (κ2) is 9.87. The van der Waals surface area contributed by atoms with Gasteiger partial charge in [0.15, 0.2) is 0 Å². The van der Waals surface area contributed by atoms with Crippen molar-refractivity contribution in [3.63, 3.8) is 0 Å². The van der Waals surface area contributed by atoms with Crippen LogP contribution in [0.15, 0.2) is 41.8 Å². The van der Waals surface area contributed by atoms with Crippen LogP contribution < -0.4 is 10.6 Å². The summed E-state index contributed by atoms with van der Waals surface area (Å²) in [7, 11) is 2.04. The van der Waals surface area contributed by atoms with Crippen LogP contribution in [-0.2, 0) is 15.8 Å². The van der Waals surface area contributed by atoms with Gasteiger partial charge in [-0.1, -0.05) is 13.8 Å².